The average Bonchev–Trinajstić information content (AvgIpc) is 2.53. The predicted octanol–water partition coefficient (Wildman–Crippen LogP) is 4.85. The Bertz CT molecular complexity index is 608. The van der Waals surface area contributed by atoms with E-state index in [0.717, 1.165) is 32.4 Å². The Morgan fingerprint density at radius 2 is 2.00 bits per heavy atom. The number of carbonyl (C=O) groups is 1. The van der Waals surface area contributed by atoms with Crippen molar-refractivity contribution < 1.29 is 4.79 Å². The third kappa shape index (κ3) is 6.52. The van der Waals surface area contributed by atoms with Crippen molar-refractivity contribution in [3.8, 4) is 6.07 Å². The van der Waals surface area contributed by atoms with E-state index in [4.69, 9.17) is 23.2 Å². The Morgan fingerprint density at radius 3 is 2.57 bits per heavy atom. The van der Waals surface area contributed by atoms with Crippen molar-refractivity contribution in [2.75, 3.05) is 18.4 Å². The number of carbonyl (C=O) groups excluding carboxylic acids is 1. The van der Waals surface area contributed by atoms with Crippen LogP contribution in [0.5, 0.6) is 0 Å². The molecule has 0 fully saturated rings. The summed E-state index contributed by atoms with van der Waals surface area (Å²) in [7, 11) is 0. The minimum Gasteiger partial charge on any atom is -0.376 e. The number of hydrogen-bond donors (Lipinski definition) is 1. The molecule has 1 N–H and O–H groups in total. The maximum absolute atomic E-state index is 12.2. The van der Waals surface area contributed by atoms with Crippen molar-refractivity contribution in [3.05, 3.63) is 40.0 Å². The fourth-order valence-corrected chi connectivity index (χ4v) is 2.28. The molecule has 23 heavy (non-hydrogen) atoms. The zero-order chi connectivity index (χ0) is 17.2. The zero-order valence-electron chi connectivity index (χ0n) is 13.4. The van der Waals surface area contributed by atoms with Crippen LogP contribution in [0.25, 0.3) is 0 Å². The van der Waals surface area contributed by atoms with Crippen molar-refractivity contribution >= 4 is 34.8 Å². The van der Waals surface area contributed by atoms with Gasteiger partial charge in [-0.1, -0.05) is 43.5 Å². The predicted molar refractivity (Wildman–Crippen MR) is 95.6 cm³/mol. The maximum Gasteiger partial charge on any atom is 0.267 e. The quantitative estimate of drug-likeness (QED) is 0.536. The van der Waals surface area contributed by atoms with Gasteiger partial charge in [-0.25, -0.2) is 0 Å². The van der Waals surface area contributed by atoms with Crippen molar-refractivity contribution in [2.45, 2.75) is 33.1 Å². The Hall–Kier alpha value is -1.70. The molecule has 0 spiro atoms. The summed E-state index contributed by atoms with van der Waals surface area (Å²) in [5.41, 5.74) is 0.571. The van der Waals surface area contributed by atoms with Crippen LogP contribution in [-0.4, -0.2) is 23.9 Å². The van der Waals surface area contributed by atoms with Crippen molar-refractivity contribution in [3.63, 3.8) is 0 Å². The second kappa shape index (κ2) is 10.1. The van der Waals surface area contributed by atoms with Gasteiger partial charge in [-0.15, -0.1) is 0 Å². The molecule has 0 atom stereocenters. The van der Waals surface area contributed by atoms with Crippen LogP contribution < -0.4 is 5.32 Å². The van der Waals surface area contributed by atoms with Crippen molar-refractivity contribution in [1.82, 2.24) is 4.90 Å². The second-order valence-electron chi connectivity index (χ2n) is 5.13. The number of nitriles is 1. The molecule has 1 aromatic rings. The highest BCUT2D eigenvalue weighted by molar-refractivity contribution is 6.42. The van der Waals surface area contributed by atoms with Crippen LogP contribution in [0.3, 0.4) is 0 Å². The van der Waals surface area contributed by atoms with Gasteiger partial charge in [-0.05, 0) is 31.0 Å². The number of amides is 1. The number of benzene rings is 1. The minimum absolute atomic E-state index is 0.0700. The van der Waals surface area contributed by atoms with E-state index < -0.39 is 5.91 Å². The number of rotatable bonds is 8. The Balaban J connectivity index is 2.85. The van der Waals surface area contributed by atoms with Gasteiger partial charge < -0.3 is 10.2 Å². The van der Waals surface area contributed by atoms with Crippen molar-refractivity contribution in [2.24, 2.45) is 0 Å². The van der Waals surface area contributed by atoms with Gasteiger partial charge in [0.1, 0.15) is 11.6 Å². The molecule has 0 radical (unpaired) electrons. The van der Waals surface area contributed by atoms with E-state index in [1.165, 1.54) is 0 Å². The topological polar surface area (TPSA) is 56.1 Å². The molecule has 1 rings (SSSR count). The molecule has 0 saturated carbocycles. The highest BCUT2D eigenvalue weighted by Gasteiger charge is 2.12. The molecule has 0 unspecified atom stereocenters. The fourth-order valence-electron chi connectivity index (χ4n) is 1.98. The van der Waals surface area contributed by atoms with E-state index in [9.17, 15) is 10.1 Å². The second-order valence-corrected chi connectivity index (χ2v) is 5.94. The van der Waals surface area contributed by atoms with Crippen LogP contribution in [0.1, 0.15) is 33.1 Å². The molecule has 0 saturated heterocycles. The summed E-state index contributed by atoms with van der Waals surface area (Å²) < 4.78 is 0. The monoisotopic (exact) mass is 353 g/mol. The molecule has 6 heteroatoms. The van der Waals surface area contributed by atoms with Crippen LogP contribution in [0, 0.1) is 11.3 Å². The molecule has 0 bridgehead atoms. The third-order valence-corrected chi connectivity index (χ3v) is 3.90. The zero-order valence-corrected chi connectivity index (χ0v) is 14.9. The molecule has 0 aliphatic carbocycles. The largest absolute Gasteiger partial charge is 0.376 e. The highest BCUT2D eigenvalue weighted by Crippen LogP contribution is 2.25. The molecular weight excluding hydrogens is 333 g/mol. The van der Waals surface area contributed by atoms with E-state index in [-0.39, 0.29) is 5.57 Å². The van der Waals surface area contributed by atoms with Gasteiger partial charge in [0.2, 0.25) is 0 Å². The molecule has 0 aliphatic heterocycles. The van der Waals surface area contributed by atoms with Gasteiger partial charge in [-0.2, -0.15) is 5.26 Å². The van der Waals surface area contributed by atoms with E-state index in [0.29, 0.717) is 15.7 Å². The molecule has 0 aromatic heterocycles. The summed E-state index contributed by atoms with van der Waals surface area (Å²) in [5.74, 6) is -0.455. The standard InChI is InChI=1S/C17H21Cl2N3O/c1-3-5-9-22(8-4-2)12-13(11-20)17(23)21-14-6-7-15(18)16(19)10-14/h6-7,10,12H,3-5,8-9H2,1-2H3,(H,21,23)/b13-12-. The normalized spacial score (nSPS) is 11.0. The molecule has 4 nitrogen and oxygen atoms in total. The first-order chi connectivity index (χ1) is 11.0. The SMILES string of the molecule is CCCCN(/C=C(/C#N)C(=O)Nc1ccc(Cl)c(Cl)c1)CCC. The lowest BCUT2D eigenvalue weighted by molar-refractivity contribution is -0.112. The van der Waals surface area contributed by atoms with Crippen LogP contribution in [-0.2, 0) is 4.79 Å². The summed E-state index contributed by atoms with van der Waals surface area (Å²) in [6.45, 7) is 5.81. The van der Waals surface area contributed by atoms with Crippen LogP contribution >= 0.6 is 23.2 Å². The summed E-state index contributed by atoms with van der Waals surface area (Å²) >= 11 is 11.8. The maximum atomic E-state index is 12.2. The Morgan fingerprint density at radius 1 is 1.26 bits per heavy atom. The van der Waals surface area contributed by atoms with Gasteiger partial charge in [0, 0.05) is 25.0 Å². The van der Waals surface area contributed by atoms with E-state index in [1.807, 2.05) is 11.0 Å². The Labute approximate surface area is 147 Å². The molecule has 1 aromatic carbocycles. The van der Waals surface area contributed by atoms with Gasteiger partial charge in [0.25, 0.3) is 5.91 Å². The van der Waals surface area contributed by atoms with Gasteiger partial charge in [0.15, 0.2) is 0 Å². The molecule has 1 amide bonds. The number of hydrogen-bond acceptors (Lipinski definition) is 3. The van der Waals surface area contributed by atoms with E-state index in [2.05, 4.69) is 19.2 Å². The van der Waals surface area contributed by atoms with Gasteiger partial charge in [0.05, 0.1) is 10.0 Å². The summed E-state index contributed by atoms with van der Waals surface area (Å²) in [4.78, 5) is 14.3. The van der Waals surface area contributed by atoms with Gasteiger partial charge >= 0.3 is 0 Å². The summed E-state index contributed by atoms with van der Waals surface area (Å²) in [6, 6.07) is 6.75. The first-order valence-corrected chi connectivity index (χ1v) is 8.39. The minimum atomic E-state index is -0.455. The number of anilines is 1. The van der Waals surface area contributed by atoms with E-state index in [1.54, 1.807) is 24.4 Å². The molecule has 124 valence electrons. The molecule has 0 aliphatic rings. The third-order valence-electron chi connectivity index (χ3n) is 3.16. The van der Waals surface area contributed by atoms with Crippen LogP contribution in [0.2, 0.25) is 10.0 Å². The fraction of sp³-hybridized carbons (Fsp3) is 0.412. The lowest BCUT2D eigenvalue weighted by Crippen LogP contribution is -2.23. The smallest absolute Gasteiger partial charge is 0.267 e. The van der Waals surface area contributed by atoms with Crippen molar-refractivity contribution in [1.29, 1.82) is 5.26 Å². The highest BCUT2D eigenvalue weighted by atomic mass is 35.5. The summed E-state index contributed by atoms with van der Waals surface area (Å²) in [6.07, 6.45) is 4.66. The number of unbranched alkanes of at least 4 members (excludes halogenated alkanes) is 1. The number of nitrogens with zero attached hydrogens (tertiary/aromatic N) is 2. The lowest BCUT2D eigenvalue weighted by atomic mass is 10.2. The van der Waals surface area contributed by atoms with Gasteiger partial charge in [-0.3, -0.25) is 4.79 Å². The Kier molecular flexibility index (Phi) is 8.53. The average molecular weight is 354 g/mol. The molecule has 0 heterocycles. The summed E-state index contributed by atoms with van der Waals surface area (Å²) in [5, 5.41) is 12.7. The first kappa shape index (κ1) is 19.3. The first-order valence-electron chi connectivity index (χ1n) is 7.64. The van der Waals surface area contributed by atoms with Crippen LogP contribution in [0.15, 0.2) is 30.0 Å². The number of nitrogens with one attached hydrogen (secondary N) is 1. The van der Waals surface area contributed by atoms with Crippen LogP contribution in [0.4, 0.5) is 5.69 Å². The molecular formula is C17H21Cl2N3O. The lowest BCUT2D eigenvalue weighted by Gasteiger charge is -2.19. The number of halogens is 2. The van der Waals surface area contributed by atoms with E-state index >= 15 is 0 Å².